The molecule has 5 heteroatoms. The number of aliphatic hydroxyl groups excluding tert-OH is 1. The summed E-state index contributed by atoms with van der Waals surface area (Å²) in [5.41, 5.74) is 1.08. The van der Waals surface area contributed by atoms with Gasteiger partial charge in [0, 0.05) is 37.8 Å². The molecule has 1 aliphatic heterocycles. The molecule has 2 rings (SSSR count). The van der Waals surface area contributed by atoms with Crippen molar-refractivity contribution in [2.45, 2.75) is 32.8 Å². The number of carbonyl (C=O) groups excluding carboxylic acids is 2. The van der Waals surface area contributed by atoms with Crippen LogP contribution in [0, 0.1) is 5.92 Å². The third-order valence-corrected chi connectivity index (χ3v) is 4.06. The molecule has 1 amide bonds. The van der Waals surface area contributed by atoms with Crippen LogP contribution in [0.2, 0.25) is 0 Å². The van der Waals surface area contributed by atoms with Crippen LogP contribution < -0.4 is 0 Å². The number of nitrogens with zero attached hydrogens (tertiary/aromatic N) is 2. The number of aromatic nitrogens is 1. The standard InChI is InChI=1S/C15H22N2O3/c1-10(18)12-5-4-6-17(9-12)15(20)14-7-13(11(2)19)8-16(14)3/h7-8,10,12,18H,4-6,9H2,1-3H3. The zero-order valence-corrected chi connectivity index (χ0v) is 12.3. The normalized spacial score (nSPS) is 20.8. The van der Waals surface area contributed by atoms with Crippen LogP contribution in [0.4, 0.5) is 0 Å². The number of aliphatic hydroxyl groups is 1. The number of carbonyl (C=O) groups is 2. The molecule has 0 spiro atoms. The maximum atomic E-state index is 12.5. The third kappa shape index (κ3) is 2.93. The third-order valence-electron chi connectivity index (χ3n) is 4.06. The number of piperidine rings is 1. The lowest BCUT2D eigenvalue weighted by Gasteiger charge is -2.34. The topological polar surface area (TPSA) is 62.5 Å². The van der Waals surface area contributed by atoms with E-state index in [0.717, 1.165) is 12.8 Å². The van der Waals surface area contributed by atoms with Crippen molar-refractivity contribution in [3.05, 3.63) is 23.5 Å². The molecule has 0 saturated carbocycles. The summed E-state index contributed by atoms with van der Waals surface area (Å²) in [5.74, 6) is 0.0331. The zero-order valence-electron chi connectivity index (χ0n) is 12.3. The van der Waals surface area contributed by atoms with Gasteiger partial charge in [0.05, 0.1) is 6.10 Å². The Kier molecular flexibility index (Phi) is 4.28. The summed E-state index contributed by atoms with van der Waals surface area (Å²) in [4.78, 5) is 25.7. The minimum Gasteiger partial charge on any atom is -0.393 e. The van der Waals surface area contributed by atoms with E-state index < -0.39 is 6.10 Å². The molecular formula is C15H22N2O3. The largest absolute Gasteiger partial charge is 0.393 e. The molecule has 0 radical (unpaired) electrons. The first-order chi connectivity index (χ1) is 9.40. The second-order valence-electron chi connectivity index (χ2n) is 5.68. The second kappa shape index (κ2) is 5.79. The van der Waals surface area contributed by atoms with Crippen molar-refractivity contribution >= 4 is 11.7 Å². The van der Waals surface area contributed by atoms with E-state index >= 15 is 0 Å². The van der Waals surface area contributed by atoms with Crippen molar-refractivity contribution in [1.29, 1.82) is 0 Å². The van der Waals surface area contributed by atoms with Crippen molar-refractivity contribution in [1.82, 2.24) is 9.47 Å². The van der Waals surface area contributed by atoms with Gasteiger partial charge in [-0.3, -0.25) is 9.59 Å². The molecule has 0 aliphatic carbocycles. The van der Waals surface area contributed by atoms with Crippen molar-refractivity contribution in [2.24, 2.45) is 13.0 Å². The van der Waals surface area contributed by atoms with Gasteiger partial charge in [-0.1, -0.05) is 0 Å². The summed E-state index contributed by atoms with van der Waals surface area (Å²) in [5, 5.41) is 9.69. The van der Waals surface area contributed by atoms with E-state index in [1.165, 1.54) is 6.92 Å². The van der Waals surface area contributed by atoms with Crippen molar-refractivity contribution in [3.8, 4) is 0 Å². The maximum Gasteiger partial charge on any atom is 0.270 e. The molecule has 20 heavy (non-hydrogen) atoms. The van der Waals surface area contributed by atoms with Crippen LogP contribution in [-0.2, 0) is 7.05 Å². The maximum absolute atomic E-state index is 12.5. The lowest BCUT2D eigenvalue weighted by Crippen LogP contribution is -2.43. The van der Waals surface area contributed by atoms with Crippen LogP contribution in [0.25, 0.3) is 0 Å². The zero-order chi connectivity index (χ0) is 14.9. The van der Waals surface area contributed by atoms with Gasteiger partial charge in [-0.15, -0.1) is 0 Å². The van der Waals surface area contributed by atoms with Crippen LogP contribution in [0.5, 0.6) is 0 Å². The quantitative estimate of drug-likeness (QED) is 0.851. The highest BCUT2D eigenvalue weighted by Crippen LogP contribution is 2.22. The summed E-state index contributed by atoms with van der Waals surface area (Å²) < 4.78 is 1.70. The number of amides is 1. The van der Waals surface area contributed by atoms with Crippen molar-refractivity contribution in [2.75, 3.05) is 13.1 Å². The Hall–Kier alpha value is -1.62. The molecule has 1 saturated heterocycles. The molecule has 2 atom stereocenters. The van der Waals surface area contributed by atoms with Gasteiger partial charge in [0.15, 0.2) is 5.78 Å². The number of aryl methyl sites for hydroxylation is 1. The van der Waals surface area contributed by atoms with Crippen LogP contribution in [0.15, 0.2) is 12.3 Å². The molecule has 110 valence electrons. The lowest BCUT2D eigenvalue weighted by atomic mass is 9.93. The van der Waals surface area contributed by atoms with Gasteiger partial charge in [0.2, 0.25) is 0 Å². The first-order valence-electron chi connectivity index (χ1n) is 7.04. The molecule has 1 aromatic heterocycles. The molecule has 0 bridgehead atoms. The molecule has 1 fully saturated rings. The summed E-state index contributed by atoms with van der Waals surface area (Å²) in [6.07, 6.45) is 3.15. The molecule has 1 aliphatic rings. The highest BCUT2D eigenvalue weighted by Gasteiger charge is 2.28. The van der Waals surface area contributed by atoms with Crippen LogP contribution in [-0.4, -0.2) is 45.5 Å². The van der Waals surface area contributed by atoms with E-state index in [2.05, 4.69) is 0 Å². The van der Waals surface area contributed by atoms with E-state index in [-0.39, 0.29) is 17.6 Å². The van der Waals surface area contributed by atoms with E-state index in [9.17, 15) is 14.7 Å². The number of hydrogen-bond acceptors (Lipinski definition) is 3. The fourth-order valence-electron chi connectivity index (χ4n) is 2.72. The summed E-state index contributed by atoms with van der Waals surface area (Å²) >= 11 is 0. The number of Topliss-reactive ketones (excluding diaryl/α,β-unsaturated/α-hetero) is 1. The highest BCUT2D eigenvalue weighted by molar-refractivity contribution is 5.99. The number of ketones is 1. The number of hydrogen-bond donors (Lipinski definition) is 1. The molecule has 2 heterocycles. The first-order valence-corrected chi connectivity index (χ1v) is 7.04. The van der Waals surface area contributed by atoms with Gasteiger partial charge in [-0.25, -0.2) is 0 Å². The van der Waals surface area contributed by atoms with Crippen LogP contribution in [0.1, 0.15) is 47.5 Å². The predicted octanol–water partition coefficient (Wildman–Crippen LogP) is 1.46. The average molecular weight is 278 g/mol. The van der Waals surface area contributed by atoms with Gasteiger partial charge < -0.3 is 14.6 Å². The Bertz CT molecular complexity index is 519. The van der Waals surface area contributed by atoms with Gasteiger partial charge in [0.1, 0.15) is 5.69 Å². The van der Waals surface area contributed by atoms with E-state index in [4.69, 9.17) is 0 Å². The Morgan fingerprint density at radius 2 is 2.15 bits per heavy atom. The molecule has 2 unspecified atom stereocenters. The minimum atomic E-state index is -0.396. The van der Waals surface area contributed by atoms with Crippen LogP contribution in [0.3, 0.4) is 0 Å². The van der Waals surface area contributed by atoms with E-state index in [1.54, 1.807) is 35.7 Å². The summed E-state index contributed by atoms with van der Waals surface area (Å²) in [6.45, 7) is 4.56. The predicted molar refractivity (Wildman–Crippen MR) is 75.7 cm³/mol. The fourth-order valence-corrected chi connectivity index (χ4v) is 2.72. The van der Waals surface area contributed by atoms with Gasteiger partial charge >= 0.3 is 0 Å². The van der Waals surface area contributed by atoms with Crippen LogP contribution >= 0.6 is 0 Å². The summed E-state index contributed by atoms with van der Waals surface area (Å²) in [7, 11) is 1.77. The van der Waals surface area contributed by atoms with Gasteiger partial charge in [0.25, 0.3) is 5.91 Å². The molecule has 1 N–H and O–H groups in total. The lowest BCUT2D eigenvalue weighted by molar-refractivity contribution is 0.0459. The Labute approximate surface area is 119 Å². The molecular weight excluding hydrogens is 256 g/mol. The Morgan fingerprint density at radius 1 is 1.45 bits per heavy atom. The molecule has 1 aromatic rings. The Morgan fingerprint density at radius 3 is 2.70 bits per heavy atom. The summed E-state index contributed by atoms with van der Waals surface area (Å²) in [6, 6.07) is 1.65. The van der Waals surface area contributed by atoms with Crippen molar-refractivity contribution in [3.63, 3.8) is 0 Å². The fraction of sp³-hybridized carbons (Fsp3) is 0.600. The Balaban J connectivity index is 2.16. The van der Waals surface area contributed by atoms with Gasteiger partial charge in [-0.05, 0) is 32.8 Å². The smallest absolute Gasteiger partial charge is 0.270 e. The highest BCUT2D eigenvalue weighted by atomic mass is 16.3. The monoisotopic (exact) mass is 278 g/mol. The first kappa shape index (κ1) is 14.8. The van der Waals surface area contributed by atoms with E-state index in [0.29, 0.717) is 24.3 Å². The number of rotatable bonds is 3. The number of likely N-dealkylation sites (tertiary alicyclic amines) is 1. The van der Waals surface area contributed by atoms with E-state index in [1.807, 2.05) is 0 Å². The SMILES string of the molecule is CC(=O)c1cc(C(=O)N2CCCC(C(C)O)C2)n(C)c1. The average Bonchev–Trinajstić information content (AvgIpc) is 2.80. The van der Waals surface area contributed by atoms with Gasteiger partial charge in [-0.2, -0.15) is 0 Å². The van der Waals surface area contributed by atoms with Crippen molar-refractivity contribution < 1.29 is 14.7 Å². The molecule has 0 aromatic carbocycles. The minimum absolute atomic E-state index is 0.0415. The molecule has 5 nitrogen and oxygen atoms in total. The second-order valence-corrected chi connectivity index (χ2v) is 5.68.